The molecule has 1 aromatic carbocycles. The molecule has 136 valence electrons. The lowest BCUT2D eigenvalue weighted by Gasteiger charge is -2.28. The monoisotopic (exact) mass is 352 g/mol. The van der Waals surface area contributed by atoms with Crippen LogP contribution in [-0.2, 0) is 6.54 Å². The van der Waals surface area contributed by atoms with E-state index in [9.17, 15) is 4.79 Å². The Morgan fingerprint density at radius 2 is 2.08 bits per heavy atom. The van der Waals surface area contributed by atoms with Gasteiger partial charge in [-0.25, -0.2) is 9.78 Å². The quantitative estimate of drug-likeness (QED) is 0.786. The van der Waals surface area contributed by atoms with E-state index in [4.69, 9.17) is 4.98 Å². The molecule has 0 aliphatic carbocycles. The summed E-state index contributed by atoms with van der Waals surface area (Å²) in [5, 5.41) is 9.02. The number of nitrogens with zero attached hydrogens (tertiary/aromatic N) is 3. The van der Waals surface area contributed by atoms with Crippen molar-refractivity contribution in [2.75, 3.05) is 36.9 Å². The molecule has 0 radical (unpaired) electrons. The summed E-state index contributed by atoms with van der Waals surface area (Å²) >= 11 is 0. The van der Waals surface area contributed by atoms with E-state index in [0.717, 1.165) is 48.0 Å². The largest absolute Gasteiger partial charge is 0.358 e. The van der Waals surface area contributed by atoms with E-state index in [1.54, 1.807) is 6.20 Å². The van der Waals surface area contributed by atoms with Crippen molar-refractivity contribution in [2.45, 2.75) is 19.4 Å². The van der Waals surface area contributed by atoms with Crippen molar-refractivity contribution in [2.24, 2.45) is 5.92 Å². The molecular formula is C19H24N6O. The highest BCUT2D eigenvalue weighted by Crippen LogP contribution is 2.27. The van der Waals surface area contributed by atoms with Gasteiger partial charge in [-0.05, 0) is 43.5 Å². The zero-order chi connectivity index (χ0) is 17.9. The Balaban J connectivity index is 1.53. The number of fused-ring (bicyclic) bond motifs is 1. The third-order valence-corrected chi connectivity index (χ3v) is 5.10. The number of rotatable bonds is 4. The number of carbonyl (C=O) groups is 1. The number of amides is 2. The summed E-state index contributed by atoms with van der Waals surface area (Å²) in [5.41, 5.74) is 3.67. The SMILES string of the molecule is CN(CC1CCNCC1)c1cncc(-c2ccc3c(c2)NC(=O)NC3)n1. The molecule has 2 amide bonds. The van der Waals surface area contributed by atoms with Gasteiger partial charge in [0.1, 0.15) is 5.82 Å². The highest BCUT2D eigenvalue weighted by molar-refractivity contribution is 5.93. The van der Waals surface area contributed by atoms with Crippen molar-refractivity contribution >= 4 is 17.5 Å². The van der Waals surface area contributed by atoms with Crippen LogP contribution in [0.1, 0.15) is 18.4 Å². The molecule has 3 N–H and O–H groups in total. The van der Waals surface area contributed by atoms with Crippen molar-refractivity contribution < 1.29 is 4.79 Å². The fraction of sp³-hybridized carbons (Fsp3) is 0.421. The van der Waals surface area contributed by atoms with Crippen LogP contribution in [0.15, 0.2) is 30.6 Å². The highest BCUT2D eigenvalue weighted by atomic mass is 16.2. The van der Waals surface area contributed by atoms with Crippen LogP contribution in [0.25, 0.3) is 11.3 Å². The molecule has 3 heterocycles. The van der Waals surface area contributed by atoms with Crippen LogP contribution in [-0.4, -0.2) is 42.7 Å². The van der Waals surface area contributed by atoms with Gasteiger partial charge in [-0.1, -0.05) is 12.1 Å². The molecule has 4 rings (SSSR count). The third kappa shape index (κ3) is 3.62. The van der Waals surface area contributed by atoms with E-state index in [-0.39, 0.29) is 6.03 Å². The van der Waals surface area contributed by atoms with Gasteiger partial charge in [0.25, 0.3) is 0 Å². The smallest absolute Gasteiger partial charge is 0.319 e. The normalized spacial score (nSPS) is 17.2. The van der Waals surface area contributed by atoms with E-state index in [0.29, 0.717) is 12.5 Å². The third-order valence-electron chi connectivity index (χ3n) is 5.10. The van der Waals surface area contributed by atoms with Gasteiger partial charge in [-0.3, -0.25) is 4.98 Å². The van der Waals surface area contributed by atoms with Crippen LogP contribution in [0, 0.1) is 5.92 Å². The summed E-state index contributed by atoms with van der Waals surface area (Å²) in [4.78, 5) is 22.9. The van der Waals surface area contributed by atoms with Crippen LogP contribution in [0.3, 0.4) is 0 Å². The van der Waals surface area contributed by atoms with E-state index in [2.05, 4.69) is 32.9 Å². The molecular weight excluding hydrogens is 328 g/mol. The zero-order valence-corrected chi connectivity index (χ0v) is 15.0. The first-order valence-corrected chi connectivity index (χ1v) is 9.11. The standard InChI is InChI=1S/C19H24N6O/c1-25(12-13-4-6-20-7-5-13)18-11-21-10-17(23-18)14-2-3-15-9-22-19(26)24-16(15)8-14/h2-3,8,10-11,13,20H,4-7,9,12H2,1H3,(H2,22,24,26). The molecule has 0 unspecified atom stereocenters. The van der Waals surface area contributed by atoms with E-state index < -0.39 is 0 Å². The maximum Gasteiger partial charge on any atom is 0.319 e. The van der Waals surface area contributed by atoms with E-state index >= 15 is 0 Å². The summed E-state index contributed by atoms with van der Waals surface area (Å²) in [6, 6.07) is 5.84. The molecule has 1 aromatic heterocycles. The average molecular weight is 352 g/mol. The molecule has 7 nitrogen and oxygen atoms in total. The summed E-state index contributed by atoms with van der Waals surface area (Å²) in [6.07, 6.45) is 5.99. The number of urea groups is 1. The molecule has 26 heavy (non-hydrogen) atoms. The van der Waals surface area contributed by atoms with Gasteiger partial charge in [0.2, 0.25) is 0 Å². The number of aromatic nitrogens is 2. The second-order valence-electron chi connectivity index (χ2n) is 7.02. The highest BCUT2D eigenvalue weighted by Gasteiger charge is 2.17. The minimum atomic E-state index is -0.170. The summed E-state index contributed by atoms with van der Waals surface area (Å²) < 4.78 is 0. The molecule has 0 bridgehead atoms. The molecule has 2 aromatic rings. The Bertz CT molecular complexity index is 802. The Labute approximate surface area is 153 Å². The van der Waals surface area contributed by atoms with Crippen LogP contribution in [0.5, 0.6) is 0 Å². The van der Waals surface area contributed by atoms with Crippen molar-refractivity contribution in [3.63, 3.8) is 0 Å². The number of carbonyl (C=O) groups excluding carboxylic acids is 1. The minimum Gasteiger partial charge on any atom is -0.358 e. The first kappa shape index (κ1) is 16.8. The van der Waals surface area contributed by atoms with Crippen LogP contribution < -0.4 is 20.9 Å². The first-order valence-electron chi connectivity index (χ1n) is 9.11. The maximum absolute atomic E-state index is 11.5. The fourth-order valence-corrected chi connectivity index (χ4v) is 3.57. The molecule has 0 spiro atoms. The Morgan fingerprint density at radius 1 is 1.23 bits per heavy atom. The lowest BCUT2D eigenvalue weighted by atomic mass is 9.98. The number of piperidine rings is 1. The van der Waals surface area contributed by atoms with E-state index in [1.807, 2.05) is 24.4 Å². The molecule has 7 heteroatoms. The Hall–Kier alpha value is -2.67. The van der Waals surface area contributed by atoms with Crippen LogP contribution in [0.4, 0.5) is 16.3 Å². The summed E-state index contributed by atoms with van der Waals surface area (Å²) in [7, 11) is 2.08. The number of hydrogen-bond donors (Lipinski definition) is 3. The average Bonchev–Trinajstić information content (AvgIpc) is 2.68. The van der Waals surface area contributed by atoms with Crippen molar-refractivity contribution in [3.05, 3.63) is 36.2 Å². The number of benzene rings is 1. The van der Waals surface area contributed by atoms with Gasteiger partial charge in [-0.15, -0.1) is 0 Å². The first-order chi connectivity index (χ1) is 12.7. The van der Waals surface area contributed by atoms with Crippen LogP contribution >= 0.6 is 0 Å². The molecule has 1 saturated heterocycles. The van der Waals surface area contributed by atoms with Crippen molar-refractivity contribution in [3.8, 4) is 11.3 Å². The van der Waals surface area contributed by atoms with Gasteiger partial charge in [0.05, 0.1) is 18.1 Å². The molecule has 2 aliphatic heterocycles. The van der Waals surface area contributed by atoms with Gasteiger partial charge in [0.15, 0.2) is 0 Å². The summed E-state index contributed by atoms with van der Waals surface area (Å²) in [6.45, 7) is 3.73. The lowest BCUT2D eigenvalue weighted by Crippen LogP contribution is -2.34. The van der Waals surface area contributed by atoms with Gasteiger partial charge >= 0.3 is 6.03 Å². The minimum absolute atomic E-state index is 0.170. The number of hydrogen-bond acceptors (Lipinski definition) is 5. The second kappa shape index (κ2) is 7.29. The topological polar surface area (TPSA) is 82.2 Å². The Kier molecular flexibility index (Phi) is 4.71. The molecule has 2 aliphatic rings. The van der Waals surface area contributed by atoms with Gasteiger partial charge in [-0.2, -0.15) is 0 Å². The summed E-state index contributed by atoms with van der Waals surface area (Å²) in [5.74, 6) is 1.57. The predicted octanol–water partition coefficient (Wildman–Crippen LogP) is 2.21. The number of anilines is 2. The van der Waals surface area contributed by atoms with Gasteiger partial charge in [0, 0.05) is 31.4 Å². The number of nitrogens with one attached hydrogen (secondary N) is 3. The van der Waals surface area contributed by atoms with Crippen molar-refractivity contribution in [1.29, 1.82) is 0 Å². The molecule has 1 fully saturated rings. The van der Waals surface area contributed by atoms with Crippen LogP contribution in [0.2, 0.25) is 0 Å². The second-order valence-corrected chi connectivity index (χ2v) is 7.02. The fourth-order valence-electron chi connectivity index (χ4n) is 3.57. The maximum atomic E-state index is 11.5. The predicted molar refractivity (Wildman–Crippen MR) is 102 cm³/mol. The lowest BCUT2D eigenvalue weighted by molar-refractivity contribution is 0.251. The molecule has 0 saturated carbocycles. The van der Waals surface area contributed by atoms with E-state index in [1.165, 1.54) is 12.8 Å². The molecule has 0 atom stereocenters. The Morgan fingerprint density at radius 3 is 2.92 bits per heavy atom. The zero-order valence-electron chi connectivity index (χ0n) is 15.0. The van der Waals surface area contributed by atoms with Crippen molar-refractivity contribution in [1.82, 2.24) is 20.6 Å². The van der Waals surface area contributed by atoms with Gasteiger partial charge < -0.3 is 20.9 Å².